The third-order valence-corrected chi connectivity index (χ3v) is 2.77. The highest BCUT2D eigenvalue weighted by atomic mass is 32.2. The van der Waals surface area contributed by atoms with Gasteiger partial charge in [0.2, 0.25) is 0 Å². The number of halogens is 3. The van der Waals surface area contributed by atoms with Crippen molar-refractivity contribution in [1.29, 1.82) is 0 Å². The van der Waals surface area contributed by atoms with Gasteiger partial charge >= 0.3 is 6.18 Å². The summed E-state index contributed by atoms with van der Waals surface area (Å²) in [6, 6.07) is 5.56. The minimum atomic E-state index is -4.23. The van der Waals surface area contributed by atoms with Crippen LogP contribution < -0.4 is 0 Å². The molecule has 0 bridgehead atoms. The van der Waals surface area contributed by atoms with Crippen LogP contribution in [0.25, 0.3) is 0 Å². The molecule has 0 aromatic heterocycles. The van der Waals surface area contributed by atoms with Crippen molar-refractivity contribution >= 4 is 11.8 Å². The highest BCUT2D eigenvalue weighted by molar-refractivity contribution is 7.98. The van der Waals surface area contributed by atoms with Gasteiger partial charge in [0.15, 0.2) is 0 Å². The monoisotopic (exact) mass is 234 g/mol. The van der Waals surface area contributed by atoms with Gasteiger partial charge in [-0.25, -0.2) is 0 Å². The van der Waals surface area contributed by atoms with Gasteiger partial charge in [0.25, 0.3) is 0 Å². The highest BCUT2D eigenvalue weighted by Crippen LogP contribution is 2.29. The van der Waals surface area contributed by atoms with Gasteiger partial charge in [-0.2, -0.15) is 24.9 Å². The van der Waals surface area contributed by atoms with Crippen molar-refractivity contribution in [3.63, 3.8) is 0 Å². The number of hydrogen-bond acceptors (Lipinski definition) is 1. The molecule has 1 aromatic carbocycles. The molecule has 0 saturated heterocycles. The normalized spacial score (nSPS) is 11.7. The third-order valence-electron chi connectivity index (χ3n) is 2.07. The lowest BCUT2D eigenvalue weighted by atomic mass is 10.1. The van der Waals surface area contributed by atoms with Gasteiger partial charge in [0, 0.05) is 0 Å². The lowest BCUT2D eigenvalue weighted by Crippen LogP contribution is -2.05. The van der Waals surface area contributed by atoms with E-state index in [-0.39, 0.29) is 0 Å². The van der Waals surface area contributed by atoms with E-state index in [1.54, 1.807) is 17.8 Å². The Morgan fingerprint density at radius 2 is 2.00 bits per heavy atom. The number of benzene rings is 1. The first-order valence-corrected chi connectivity index (χ1v) is 6.08. The van der Waals surface area contributed by atoms with Crippen LogP contribution in [0.15, 0.2) is 24.3 Å². The van der Waals surface area contributed by atoms with Crippen LogP contribution in [0, 0.1) is 0 Å². The van der Waals surface area contributed by atoms with Crippen molar-refractivity contribution in [1.82, 2.24) is 0 Å². The number of aryl methyl sites for hydroxylation is 1. The molecule has 0 aliphatic carbocycles. The molecule has 0 N–H and O–H groups in total. The van der Waals surface area contributed by atoms with E-state index in [0.717, 1.165) is 23.8 Å². The standard InChI is InChI=1S/C11H13F3S/c1-15-7-3-5-9-4-2-6-10(8-9)11(12,13)14/h2,4,6,8H,3,5,7H2,1H3. The number of rotatable bonds is 4. The molecule has 0 nitrogen and oxygen atoms in total. The largest absolute Gasteiger partial charge is 0.416 e. The molecule has 0 heterocycles. The molecular weight excluding hydrogens is 221 g/mol. The van der Waals surface area contributed by atoms with E-state index in [2.05, 4.69) is 0 Å². The zero-order valence-electron chi connectivity index (χ0n) is 8.47. The average molecular weight is 234 g/mol. The predicted octanol–water partition coefficient (Wildman–Crippen LogP) is 4.00. The lowest BCUT2D eigenvalue weighted by molar-refractivity contribution is -0.137. The van der Waals surface area contributed by atoms with Gasteiger partial charge in [0.1, 0.15) is 0 Å². The highest BCUT2D eigenvalue weighted by Gasteiger charge is 2.30. The van der Waals surface area contributed by atoms with Crippen LogP contribution in [0.2, 0.25) is 0 Å². The minimum Gasteiger partial charge on any atom is -0.166 e. The molecule has 0 unspecified atom stereocenters. The van der Waals surface area contributed by atoms with Crippen LogP contribution in [-0.4, -0.2) is 12.0 Å². The molecule has 0 amide bonds. The summed E-state index contributed by atoms with van der Waals surface area (Å²) >= 11 is 1.71. The molecule has 1 aromatic rings. The van der Waals surface area contributed by atoms with Crippen molar-refractivity contribution in [2.45, 2.75) is 19.0 Å². The fourth-order valence-corrected chi connectivity index (χ4v) is 1.76. The van der Waals surface area contributed by atoms with Crippen LogP contribution in [0.4, 0.5) is 13.2 Å². The van der Waals surface area contributed by atoms with Crippen LogP contribution in [0.1, 0.15) is 17.5 Å². The SMILES string of the molecule is CSCCCc1cccc(C(F)(F)F)c1. The summed E-state index contributed by atoms with van der Waals surface area (Å²) in [6.07, 6.45) is -0.602. The van der Waals surface area contributed by atoms with E-state index >= 15 is 0 Å². The molecule has 0 aliphatic heterocycles. The zero-order valence-corrected chi connectivity index (χ0v) is 9.29. The van der Waals surface area contributed by atoms with E-state index in [1.165, 1.54) is 12.1 Å². The molecule has 0 radical (unpaired) electrons. The average Bonchev–Trinajstić information content (AvgIpc) is 2.17. The van der Waals surface area contributed by atoms with E-state index < -0.39 is 11.7 Å². The smallest absolute Gasteiger partial charge is 0.166 e. The second-order valence-corrected chi connectivity index (χ2v) is 4.28. The quantitative estimate of drug-likeness (QED) is 0.709. The molecule has 15 heavy (non-hydrogen) atoms. The van der Waals surface area contributed by atoms with Crippen molar-refractivity contribution in [2.24, 2.45) is 0 Å². The van der Waals surface area contributed by atoms with Crippen LogP contribution in [0.5, 0.6) is 0 Å². The Kier molecular flexibility index (Phi) is 4.51. The van der Waals surface area contributed by atoms with E-state index in [9.17, 15) is 13.2 Å². The summed E-state index contributed by atoms with van der Waals surface area (Å²) in [4.78, 5) is 0. The second-order valence-electron chi connectivity index (χ2n) is 3.29. The lowest BCUT2D eigenvalue weighted by Gasteiger charge is -2.08. The first kappa shape index (κ1) is 12.4. The van der Waals surface area contributed by atoms with E-state index in [4.69, 9.17) is 0 Å². The van der Waals surface area contributed by atoms with Crippen LogP contribution in [0.3, 0.4) is 0 Å². The van der Waals surface area contributed by atoms with E-state index in [0.29, 0.717) is 6.42 Å². The molecule has 0 atom stereocenters. The van der Waals surface area contributed by atoms with Crippen molar-refractivity contribution in [2.75, 3.05) is 12.0 Å². The van der Waals surface area contributed by atoms with Gasteiger partial charge in [-0.3, -0.25) is 0 Å². The fraction of sp³-hybridized carbons (Fsp3) is 0.455. The number of alkyl halides is 3. The minimum absolute atomic E-state index is 0.552. The Labute approximate surface area is 91.9 Å². The van der Waals surface area contributed by atoms with Gasteiger partial charge < -0.3 is 0 Å². The Morgan fingerprint density at radius 1 is 1.27 bits per heavy atom. The van der Waals surface area contributed by atoms with Crippen molar-refractivity contribution in [3.8, 4) is 0 Å². The summed E-state index contributed by atoms with van der Waals surface area (Å²) in [6.45, 7) is 0. The molecule has 0 fully saturated rings. The Morgan fingerprint density at radius 3 is 2.60 bits per heavy atom. The first-order chi connectivity index (χ1) is 7.04. The summed E-state index contributed by atoms with van der Waals surface area (Å²) in [7, 11) is 0. The molecule has 0 aliphatic rings. The van der Waals surface area contributed by atoms with Gasteiger partial charge in [-0.05, 0) is 36.5 Å². The summed E-state index contributed by atoms with van der Waals surface area (Å²) in [5, 5.41) is 0. The number of hydrogen-bond donors (Lipinski definition) is 0. The maximum Gasteiger partial charge on any atom is 0.416 e. The van der Waals surface area contributed by atoms with Crippen molar-refractivity contribution < 1.29 is 13.2 Å². The van der Waals surface area contributed by atoms with Gasteiger partial charge in [-0.1, -0.05) is 18.2 Å². The number of thioether (sulfide) groups is 1. The predicted molar refractivity (Wildman–Crippen MR) is 58.1 cm³/mol. The topological polar surface area (TPSA) is 0 Å². The second kappa shape index (κ2) is 5.45. The molecule has 84 valence electrons. The summed E-state index contributed by atoms with van der Waals surface area (Å²) in [5.41, 5.74) is 0.211. The van der Waals surface area contributed by atoms with Gasteiger partial charge in [0.05, 0.1) is 5.56 Å². The Bertz CT molecular complexity index is 307. The molecule has 0 saturated carbocycles. The molecular formula is C11H13F3S. The molecule has 4 heteroatoms. The maximum atomic E-state index is 12.4. The Hall–Kier alpha value is -0.640. The van der Waals surface area contributed by atoms with Crippen LogP contribution >= 0.6 is 11.8 Å². The van der Waals surface area contributed by atoms with Crippen LogP contribution in [-0.2, 0) is 12.6 Å². The Balaban J connectivity index is 2.66. The molecule has 0 spiro atoms. The third kappa shape index (κ3) is 4.16. The fourth-order valence-electron chi connectivity index (χ4n) is 1.32. The maximum absolute atomic E-state index is 12.4. The van der Waals surface area contributed by atoms with Crippen molar-refractivity contribution in [3.05, 3.63) is 35.4 Å². The van der Waals surface area contributed by atoms with E-state index in [1.807, 2.05) is 6.26 Å². The van der Waals surface area contributed by atoms with Gasteiger partial charge in [-0.15, -0.1) is 0 Å². The molecule has 1 rings (SSSR count). The summed E-state index contributed by atoms with van der Waals surface area (Å²) in [5.74, 6) is 0.982. The zero-order chi connectivity index (χ0) is 11.3. The first-order valence-electron chi connectivity index (χ1n) is 4.69. The summed E-state index contributed by atoms with van der Waals surface area (Å²) < 4.78 is 37.1.